The van der Waals surface area contributed by atoms with E-state index in [-0.39, 0.29) is 5.54 Å². The van der Waals surface area contributed by atoms with Crippen LogP contribution < -0.4 is 5.73 Å². The topological polar surface area (TPSA) is 26.0 Å². The Hall–Kier alpha value is -0.0400. The van der Waals surface area contributed by atoms with E-state index in [9.17, 15) is 0 Å². The summed E-state index contributed by atoms with van der Waals surface area (Å²) >= 11 is 0. The highest BCUT2D eigenvalue weighted by atomic mass is 14.8. The molecule has 1 rings (SSSR count). The quantitative estimate of drug-likeness (QED) is 0.759. The third kappa shape index (κ3) is 3.23. The molecule has 0 aliphatic heterocycles. The Morgan fingerprint density at radius 3 is 2.44 bits per heavy atom. The van der Waals surface area contributed by atoms with Gasteiger partial charge in [0.15, 0.2) is 0 Å². The average molecular weight is 225 g/mol. The predicted octanol–water partition coefficient (Wildman–Crippen LogP) is 4.36. The zero-order valence-corrected chi connectivity index (χ0v) is 12.0. The average Bonchev–Trinajstić information content (AvgIpc) is 2.15. The second-order valence-corrected chi connectivity index (χ2v) is 7.12. The fourth-order valence-electron chi connectivity index (χ4n) is 3.60. The Morgan fingerprint density at radius 2 is 1.94 bits per heavy atom. The van der Waals surface area contributed by atoms with Gasteiger partial charge in [-0.3, -0.25) is 0 Å². The molecule has 1 saturated carbocycles. The van der Waals surface area contributed by atoms with E-state index < -0.39 is 0 Å². The SMILES string of the molecule is CCC(C)CC1(N)CCCCC1C(C)(C)C. The van der Waals surface area contributed by atoms with Gasteiger partial charge in [0, 0.05) is 5.54 Å². The van der Waals surface area contributed by atoms with E-state index in [1.54, 1.807) is 0 Å². The molecule has 0 saturated heterocycles. The van der Waals surface area contributed by atoms with Crippen LogP contribution in [0.25, 0.3) is 0 Å². The number of rotatable bonds is 3. The van der Waals surface area contributed by atoms with Crippen molar-refractivity contribution in [3.05, 3.63) is 0 Å². The van der Waals surface area contributed by atoms with E-state index in [0.717, 1.165) is 5.92 Å². The van der Waals surface area contributed by atoms with Crippen molar-refractivity contribution in [3.63, 3.8) is 0 Å². The van der Waals surface area contributed by atoms with Crippen molar-refractivity contribution in [2.45, 2.75) is 78.7 Å². The Kier molecular flexibility index (Phi) is 4.45. The van der Waals surface area contributed by atoms with Crippen molar-refractivity contribution >= 4 is 0 Å². The summed E-state index contributed by atoms with van der Waals surface area (Å²) in [7, 11) is 0. The maximum Gasteiger partial charge on any atom is 0.0190 e. The molecule has 3 unspecified atom stereocenters. The molecule has 0 aromatic carbocycles. The molecule has 2 N–H and O–H groups in total. The van der Waals surface area contributed by atoms with Gasteiger partial charge in [-0.05, 0) is 36.5 Å². The molecule has 96 valence electrons. The second kappa shape index (κ2) is 5.08. The maximum atomic E-state index is 6.77. The summed E-state index contributed by atoms with van der Waals surface area (Å²) in [6, 6.07) is 0. The summed E-state index contributed by atoms with van der Waals surface area (Å²) in [5, 5.41) is 0. The molecular formula is C15H31N. The number of nitrogens with two attached hydrogens (primary N) is 1. The molecule has 0 aromatic rings. The lowest BCUT2D eigenvalue weighted by Gasteiger charge is -2.49. The lowest BCUT2D eigenvalue weighted by molar-refractivity contribution is 0.0620. The van der Waals surface area contributed by atoms with Crippen molar-refractivity contribution in [1.29, 1.82) is 0 Å². The highest BCUT2D eigenvalue weighted by molar-refractivity contribution is 4.99. The first kappa shape index (κ1) is 14.0. The van der Waals surface area contributed by atoms with Crippen LogP contribution in [0.3, 0.4) is 0 Å². The Labute approximate surface area is 102 Å². The monoisotopic (exact) mass is 225 g/mol. The van der Waals surface area contributed by atoms with Crippen LogP contribution in [0.1, 0.15) is 73.1 Å². The molecule has 1 aliphatic rings. The lowest BCUT2D eigenvalue weighted by atomic mass is 9.60. The minimum atomic E-state index is 0.103. The smallest absolute Gasteiger partial charge is 0.0190 e. The molecule has 0 radical (unpaired) electrons. The molecule has 1 fully saturated rings. The van der Waals surface area contributed by atoms with E-state index in [1.807, 2.05) is 0 Å². The van der Waals surface area contributed by atoms with E-state index in [0.29, 0.717) is 11.3 Å². The first-order valence-corrected chi connectivity index (χ1v) is 7.08. The summed E-state index contributed by atoms with van der Waals surface area (Å²) in [5.74, 6) is 1.47. The lowest BCUT2D eigenvalue weighted by Crippen LogP contribution is -2.54. The molecule has 16 heavy (non-hydrogen) atoms. The zero-order valence-electron chi connectivity index (χ0n) is 12.0. The van der Waals surface area contributed by atoms with Crippen LogP contribution in [0.5, 0.6) is 0 Å². The van der Waals surface area contributed by atoms with Gasteiger partial charge in [-0.1, -0.05) is 53.9 Å². The normalized spacial score (nSPS) is 33.8. The largest absolute Gasteiger partial charge is 0.325 e. The standard InChI is InChI=1S/C15H31N/c1-6-12(2)11-15(16)10-8-7-9-13(15)14(3,4)5/h12-13H,6-11,16H2,1-5H3. The third-order valence-corrected chi connectivity index (χ3v) is 4.55. The van der Waals surface area contributed by atoms with Crippen LogP contribution >= 0.6 is 0 Å². The summed E-state index contributed by atoms with van der Waals surface area (Å²) < 4.78 is 0. The molecule has 0 bridgehead atoms. The van der Waals surface area contributed by atoms with E-state index in [4.69, 9.17) is 5.73 Å². The highest BCUT2D eigenvalue weighted by Crippen LogP contribution is 2.45. The van der Waals surface area contributed by atoms with E-state index in [1.165, 1.54) is 38.5 Å². The Bertz CT molecular complexity index is 216. The number of hydrogen-bond acceptors (Lipinski definition) is 1. The first-order valence-electron chi connectivity index (χ1n) is 7.08. The van der Waals surface area contributed by atoms with Gasteiger partial charge in [-0.15, -0.1) is 0 Å². The summed E-state index contributed by atoms with van der Waals surface area (Å²) in [4.78, 5) is 0. The molecule has 3 atom stereocenters. The molecule has 0 amide bonds. The van der Waals surface area contributed by atoms with Crippen molar-refractivity contribution in [3.8, 4) is 0 Å². The van der Waals surface area contributed by atoms with Crippen LogP contribution in [-0.2, 0) is 0 Å². The van der Waals surface area contributed by atoms with Crippen LogP contribution in [0.15, 0.2) is 0 Å². The predicted molar refractivity (Wildman–Crippen MR) is 72.4 cm³/mol. The van der Waals surface area contributed by atoms with Crippen molar-refractivity contribution in [1.82, 2.24) is 0 Å². The maximum absolute atomic E-state index is 6.77. The first-order chi connectivity index (χ1) is 7.29. The van der Waals surface area contributed by atoms with Crippen LogP contribution in [0.2, 0.25) is 0 Å². The zero-order chi connectivity index (χ0) is 12.4. The molecule has 1 heteroatoms. The van der Waals surface area contributed by atoms with Crippen LogP contribution in [0.4, 0.5) is 0 Å². The van der Waals surface area contributed by atoms with Gasteiger partial charge in [-0.25, -0.2) is 0 Å². The molecule has 0 heterocycles. The van der Waals surface area contributed by atoms with Gasteiger partial charge in [-0.2, -0.15) is 0 Å². The van der Waals surface area contributed by atoms with Gasteiger partial charge >= 0.3 is 0 Å². The van der Waals surface area contributed by atoms with Gasteiger partial charge < -0.3 is 5.73 Å². The van der Waals surface area contributed by atoms with E-state index in [2.05, 4.69) is 34.6 Å². The van der Waals surface area contributed by atoms with Crippen molar-refractivity contribution < 1.29 is 0 Å². The van der Waals surface area contributed by atoms with Crippen LogP contribution in [-0.4, -0.2) is 5.54 Å². The van der Waals surface area contributed by atoms with Gasteiger partial charge in [0.25, 0.3) is 0 Å². The van der Waals surface area contributed by atoms with Crippen LogP contribution in [0, 0.1) is 17.3 Å². The minimum Gasteiger partial charge on any atom is -0.325 e. The Balaban J connectivity index is 2.79. The van der Waals surface area contributed by atoms with Gasteiger partial charge in [0.05, 0.1) is 0 Å². The Morgan fingerprint density at radius 1 is 1.31 bits per heavy atom. The van der Waals surface area contributed by atoms with E-state index >= 15 is 0 Å². The van der Waals surface area contributed by atoms with Gasteiger partial charge in [0.1, 0.15) is 0 Å². The van der Waals surface area contributed by atoms with Crippen molar-refractivity contribution in [2.75, 3.05) is 0 Å². The molecular weight excluding hydrogens is 194 g/mol. The highest BCUT2D eigenvalue weighted by Gasteiger charge is 2.43. The minimum absolute atomic E-state index is 0.103. The molecule has 0 spiro atoms. The summed E-state index contributed by atoms with van der Waals surface area (Å²) in [6.07, 6.45) is 7.75. The second-order valence-electron chi connectivity index (χ2n) is 7.12. The summed E-state index contributed by atoms with van der Waals surface area (Å²) in [5.41, 5.74) is 7.23. The van der Waals surface area contributed by atoms with Crippen molar-refractivity contribution in [2.24, 2.45) is 23.0 Å². The molecule has 1 aliphatic carbocycles. The molecule has 0 aromatic heterocycles. The number of hydrogen-bond donors (Lipinski definition) is 1. The summed E-state index contributed by atoms with van der Waals surface area (Å²) in [6.45, 7) is 11.7. The fourth-order valence-corrected chi connectivity index (χ4v) is 3.60. The third-order valence-electron chi connectivity index (χ3n) is 4.55. The van der Waals surface area contributed by atoms with Gasteiger partial charge in [0.2, 0.25) is 0 Å². The fraction of sp³-hybridized carbons (Fsp3) is 1.00. The molecule has 1 nitrogen and oxygen atoms in total.